The second-order valence-electron chi connectivity index (χ2n) is 11.2. The molecular formula is C38H35BrN4O2. The first kappa shape index (κ1) is 30.2. The molecule has 0 radical (unpaired) electrons. The maximum atomic E-state index is 6.20. The molecule has 0 aliphatic heterocycles. The molecular weight excluding hydrogens is 624 g/mol. The minimum absolute atomic E-state index is 0.539. The van der Waals surface area contributed by atoms with Crippen molar-refractivity contribution in [3.8, 4) is 22.6 Å². The lowest BCUT2D eigenvalue weighted by molar-refractivity contribution is 0.308. The Bertz CT molecular complexity index is 2070. The molecule has 7 heteroatoms. The van der Waals surface area contributed by atoms with Crippen LogP contribution < -0.4 is 9.47 Å². The fraction of sp³-hybridized carbons (Fsp3) is 0.158. The Morgan fingerprint density at radius 2 is 1.11 bits per heavy atom. The average Bonchev–Trinajstić information content (AvgIpc) is 3.63. The topological polar surface area (TPSA) is 54.1 Å². The molecule has 6 nitrogen and oxygen atoms in total. The molecule has 0 amide bonds. The van der Waals surface area contributed by atoms with E-state index in [-0.39, 0.29) is 0 Å². The van der Waals surface area contributed by atoms with Gasteiger partial charge in [-0.05, 0) is 71.5 Å². The molecule has 0 spiro atoms. The van der Waals surface area contributed by atoms with Crippen LogP contribution in [-0.4, -0.2) is 19.1 Å². The van der Waals surface area contributed by atoms with Crippen LogP contribution >= 0.6 is 15.9 Å². The van der Waals surface area contributed by atoms with Crippen molar-refractivity contribution < 1.29 is 9.47 Å². The fourth-order valence-corrected chi connectivity index (χ4v) is 5.68. The molecule has 0 atom stereocenters. The molecule has 0 aliphatic carbocycles. The number of hydrogen-bond donors (Lipinski definition) is 0. The summed E-state index contributed by atoms with van der Waals surface area (Å²) in [5.41, 5.74) is 11.1. The molecule has 7 aromatic rings. The number of halogens is 1. The highest BCUT2D eigenvalue weighted by atomic mass is 79.9. The van der Waals surface area contributed by atoms with Crippen LogP contribution in [0.1, 0.15) is 22.3 Å². The lowest BCUT2D eigenvalue weighted by Gasteiger charge is -2.12. The average molecular weight is 660 g/mol. The zero-order chi connectivity index (χ0) is 31.3. The first-order valence-corrected chi connectivity index (χ1v) is 15.6. The van der Waals surface area contributed by atoms with E-state index in [9.17, 15) is 0 Å². The summed E-state index contributed by atoms with van der Waals surface area (Å²) in [7, 11) is 3.97. The predicted octanol–water partition coefficient (Wildman–Crippen LogP) is 9.35. The molecule has 0 saturated heterocycles. The molecule has 226 valence electrons. The number of benzene rings is 5. The number of fused-ring (bicyclic) bond motifs is 2. The number of aromatic nitrogens is 4. The van der Waals surface area contributed by atoms with Crippen molar-refractivity contribution in [2.45, 2.75) is 27.1 Å². The van der Waals surface area contributed by atoms with Gasteiger partial charge in [-0.1, -0.05) is 94.8 Å². The molecule has 7 rings (SSSR count). The Labute approximate surface area is 272 Å². The summed E-state index contributed by atoms with van der Waals surface area (Å²) in [5, 5.41) is 0. The summed E-state index contributed by atoms with van der Waals surface area (Å²) < 4.78 is 17.1. The molecule has 2 heterocycles. The second kappa shape index (κ2) is 13.4. The predicted molar refractivity (Wildman–Crippen MR) is 186 cm³/mol. The van der Waals surface area contributed by atoms with E-state index in [4.69, 9.17) is 9.47 Å². The van der Waals surface area contributed by atoms with E-state index < -0.39 is 0 Å². The van der Waals surface area contributed by atoms with Crippen molar-refractivity contribution in [2.75, 3.05) is 0 Å². The highest BCUT2D eigenvalue weighted by Crippen LogP contribution is 2.33. The van der Waals surface area contributed by atoms with Crippen molar-refractivity contribution >= 4 is 38.0 Å². The summed E-state index contributed by atoms with van der Waals surface area (Å²) in [6, 6.07) is 35.1. The van der Waals surface area contributed by atoms with Crippen LogP contribution in [0.4, 0.5) is 0 Å². The van der Waals surface area contributed by atoms with E-state index in [0.717, 1.165) is 54.7 Å². The van der Waals surface area contributed by atoms with E-state index in [1.807, 2.05) is 78.1 Å². The number of imidazole rings is 2. The molecule has 0 N–H and O–H groups in total. The summed E-state index contributed by atoms with van der Waals surface area (Å²) in [6.45, 7) is 5.37. The van der Waals surface area contributed by atoms with Gasteiger partial charge >= 0.3 is 0 Å². The maximum Gasteiger partial charge on any atom is 0.146 e. The summed E-state index contributed by atoms with van der Waals surface area (Å²) >= 11 is 3.49. The minimum atomic E-state index is 0.539. The Hall–Kier alpha value is -4.88. The fourth-order valence-electron chi connectivity index (χ4n) is 5.25. The molecule has 0 unspecified atom stereocenters. The molecule has 2 aromatic heterocycles. The van der Waals surface area contributed by atoms with E-state index in [1.54, 1.807) is 6.33 Å². The van der Waals surface area contributed by atoms with Gasteiger partial charge in [-0.2, -0.15) is 0 Å². The van der Waals surface area contributed by atoms with Gasteiger partial charge in [0.25, 0.3) is 0 Å². The van der Waals surface area contributed by atoms with Gasteiger partial charge in [0, 0.05) is 18.6 Å². The van der Waals surface area contributed by atoms with Gasteiger partial charge < -0.3 is 18.6 Å². The number of nitrogens with zero attached hydrogens (tertiary/aromatic N) is 4. The van der Waals surface area contributed by atoms with E-state index in [1.165, 1.54) is 16.7 Å². The standard InChI is InChI=1S/C23H22N2O.C15H13BrN2O/c1-16-9-10-19(11-17(16)2)20-12-21-23(25(3)15-24-21)22(13-20)26-14-18-7-5-4-6-8-18;1-18-10-17-13-7-12(16)8-14(15(13)18)19-9-11-5-3-2-4-6-11/h4-13,15H,14H2,1-3H3;2-8,10H,9H2,1H3. The first-order chi connectivity index (χ1) is 21.9. The van der Waals surface area contributed by atoms with Gasteiger partial charge in [0.05, 0.1) is 23.7 Å². The number of aryl methyl sites for hydroxylation is 4. The van der Waals surface area contributed by atoms with Gasteiger partial charge in [0.2, 0.25) is 0 Å². The quantitative estimate of drug-likeness (QED) is 0.171. The van der Waals surface area contributed by atoms with Gasteiger partial charge in [-0.25, -0.2) is 9.97 Å². The number of rotatable bonds is 7. The van der Waals surface area contributed by atoms with Crippen LogP contribution in [0.25, 0.3) is 33.2 Å². The van der Waals surface area contributed by atoms with E-state index in [0.29, 0.717) is 13.2 Å². The second-order valence-corrected chi connectivity index (χ2v) is 12.1. The smallest absolute Gasteiger partial charge is 0.146 e. The molecule has 0 bridgehead atoms. The SMILES string of the molecule is Cc1ccc(-c2cc(OCc3ccccc3)c3c(c2)ncn3C)cc1C.Cn1cnc2cc(Br)cc(OCc3ccccc3)c21. The normalized spacial score (nSPS) is 11.0. The van der Waals surface area contributed by atoms with Crippen molar-refractivity contribution in [1.29, 1.82) is 0 Å². The van der Waals surface area contributed by atoms with Crippen LogP contribution in [0.2, 0.25) is 0 Å². The van der Waals surface area contributed by atoms with Crippen molar-refractivity contribution in [3.05, 3.63) is 143 Å². The summed E-state index contributed by atoms with van der Waals surface area (Å²) in [4.78, 5) is 8.89. The van der Waals surface area contributed by atoms with Crippen LogP contribution in [0.3, 0.4) is 0 Å². The Morgan fingerprint density at radius 1 is 0.578 bits per heavy atom. The van der Waals surface area contributed by atoms with Crippen LogP contribution in [0.5, 0.6) is 11.5 Å². The van der Waals surface area contributed by atoms with Gasteiger partial charge in [0.15, 0.2) is 0 Å². The van der Waals surface area contributed by atoms with Gasteiger partial charge in [-0.3, -0.25) is 0 Å². The van der Waals surface area contributed by atoms with Crippen molar-refractivity contribution in [2.24, 2.45) is 14.1 Å². The molecule has 0 saturated carbocycles. The van der Waals surface area contributed by atoms with Crippen LogP contribution in [-0.2, 0) is 27.3 Å². The summed E-state index contributed by atoms with van der Waals surface area (Å²) in [5.74, 6) is 1.70. The van der Waals surface area contributed by atoms with Gasteiger partial charge in [0.1, 0.15) is 35.7 Å². The minimum Gasteiger partial charge on any atom is -0.487 e. The Balaban J connectivity index is 0.000000167. The number of hydrogen-bond acceptors (Lipinski definition) is 4. The van der Waals surface area contributed by atoms with Crippen LogP contribution in [0, 0.1) is 13.8 Å². The van der Waals surface area contributed by atoms with E-state index in [2.05, 4.69) is 94.3 Å². The Kier molecular flexibility index (Phi) is 8.98. The zero-order valence-corrected chi connectivity index (χ0v) is 27.5. The lowest BCUT2D eigenvalue weighted by Crippen LogP contribution is -1.98. The van der Waals surface area contributed by atoms with Crippen molar-refractivity contribution in [3.63, 3.8) is 0 Å². The third-order valence-electron chi connectivity index (χ3n) is 7.83. The zero-order valence-electron chi connectivity index (χ0n) is 25.9. The highest BCUT2D eigenvalue weighted by Gasteiger charge is 2.13. The van der Waals surface area contributed by atoms with Gasteiger partial charge in [-0.15, -0.1) is 0 Å². The third-order valence-corrected chi connectivity index (χ3v) is 8.29. The molecule has 0 aliphatic rings. The first-order valence-electron chi connectivity index (χ1n) is 14.8. The van der Waals surface area contributed by atoms with Crippen LogP contribution in [0.15, 0.2) is 120 Å². The highest BCUT2D eigenvalue weighted by molar-refractivity contribution is 9.10. The maximum absolute atomic E-state index is 6.20. The number of ether oxygens (including phenoxy) is 2. The van der Waals surface area contributed by atoms with E-state index >= 15 is 0 Å². The third kappa shape index (κ3) is 6.94. The monoisotopic (exact) mass is 658 g/mol. The molecule has 0 fully saturated rings. The molecule has 45 heavy (non-hydrogen) atoms. The Morgan fingerprint density at radius 3 is 1.67 bits per heavy atom. The largest absolute Gasteiger partial charge is 0.487 e. The van der Waals surface area contributed by atoms with Crippen molar-refractivity contribution in [1.82, 2.24) is 19.1 Å². The summed E-state index contributed by atoms with van der Waals surface area (Å²) in [6.07, 6.45) is 3.64. The lowest BCUT2D eigenvalue weighted by atomic mass is 10.00. The molecule has 5 aromatic carbocycles.